The molecule has 23 heavy (non-hydrogen) atoms. The molecule has 2 heterocycles. The monoisotopic (exact) mass is 368 g/mol. The summed E-state index contributed by atoms with van der Waals surface area (Å²) < 4.78 is 0. The molecule has 1 aliphatic heterocycles. The molecule has 1 unspecified atom stereocenters. The van der Waals surface area contributed by atoms with Gasteiger partial charge in [0, 0.05) is 30.4 Å². The summed E-state index contributed by atoms with van der Waals surface area (Å²) in [5, 5.41) is 5.89. The number of hydrogen-bond donors (Lipinski definition) is 1. The molecule has 1 aromatic carbocycles. The number of para-hydroxylation sites is 1. The van der Waals surface area contributed by atoms with Crippen LogP contribution in [0.3, 0.4) is 0 Å². The largest absolute Gasteiger partial charge is 0.324 e. The average molecular weight is 369 g/mol. The van der Waals surface area contributed by atoms with Gasteiger partial charge in [-0.05, 0) is 42.5 Å². The van der Waals surface area contributed by atoms with Crippen LogP contribution < -0.4 is 5.32 Å². The number of halogens is 2. The Morgan fingerprint density at radius 2 is 2.09 bits per heavy atom. The van der Waals surface area contributed by atoms with Crippen molar-refractivity contribution in [3.05, 3.63) is 50.1 Å². The van der Waals surface area contributed by atoms with Gasteiger partial charge in [0.05, 0.1) is 15.7 Å². The highest BCUT2D eigenvalue weighted by Gasteiger charge is 2.24. The van der Waals surface area contributed by atoms with Gasteiger partial charge in [-0.2, -0.15) is 0 Å². The standard InChI is InChI=1S/C17H18Cl2N2OS/c1-11-12-7-10-23-15(12)5-8-21(11)9-6-16(22)20-17-13(18)3-2-4-14(17)19/h2-4,7,10-11H,5-6,8-9H2,1H3,(H,20,22). The maximum atomic E-state index is 12.2. The fourth-order valence-electron chi connectivity index (χ4n) is 2.93. The summed E-state index contributed by atoms with van der Waals surface area (Å²) in [7, 11) is 0. The van der Waals surface area contributed by atoms with Crippen molar-refractivity contribution >= 4 is 46.1 Å². The molecule has 0 fully saturated rings. The lowest BCUT2D eigenvalue weighted by Gasteiger charge is -2.33. The van der Waals surface area contributed by atoms with E-state index in [1.54, 1.807) is 18.2 Å². The highest BCUT2D eigenvalue weighted by atomic mass is 35.5. The zero-order valence-corrected chi connectivity index (χ0v) is 15.1. The minimum absolute atomic E-state index is 0.0664. The first kappa shape index (κ1) is 16.8. The summed E-state index contributed by atoms with van der Waals surface area (Å²) in [6.07, 6.45) is 1.49. The fourth-order valence-corrected chi connectivity index (χ4v) is 4.39. The summed E-state index contributed by atoms with van der Waals surface area (Å²) in [6.45, 7) is 3.92. The number of thiophene rings is 1. The summed E-state index contributed by atoms with van der Waals surface area (Å²) in [6, 6.07) is 7.75. The molecule has 1 N–H and O–H groups in total. The van der Waals surface area contributed by atoms with Crippen LogP contribution in [0.15, 0.2) is 29.6 Å². The molecule has 3 rings (SSSR count). The number of fused-ring (bicyclic) bond motifs is 1. The number of carbonyl (C=O) groups is 1. The van der Waals surface area contributed by atoms with E-state index in [0.29, 0.717) is 28.2 Å². The Kier molecular flexibility index (Phi) is 5.27. The molecule has 1 amide bonds. The number of nitrogens with one attached hydrogen (secondary N) is 1. The highest BCUT2D eigenvalue weighted by molar-refractivity contribution is 7.10. The quantitative estimate of drug-likeness (QED) is 0.822. The summed E-state index contributed by atoms with van der Waals surface area (Å²) >= 11 is 14.0. The second kappa shape index (κ2) is 7.22. The van der Waals surface area contributed by atoms with Crippen LogP contribution in [-0.4, -0.2) is 23.9 Å². The third-order valence-corrected chi connectivity index (χ3v) is 5.88. The van der Waals surface area contributed by atoms with Crippen molar-refractivity contribution in [2.45, 2.75) is 25.8 Å². The number of carbonyl (C=O) groups excluding carboxylic acids is 1. The van der Waals surface area contributed by atoms with Crippen LogP contribution in [0.1, 0.15) is 29.8 Å². The molecule has 1 aliphatic rings. The maximum Gasteiger partial charge on any atom is 0.225 e. The Morgan fingerprint density at radius 1 is 1.35 bits per heavy atom. The van der Waals surface area contributed by atoms with E-state index in [-0.39, 0.29) is 5.91 Å². The average Bonchev–Trinajstić information content (AvgIpc) is 3.00. The zero-order valence-electron chi connectivity index (χ0n) is 12.8. The van der Waals surface area contributed by atoms with Crippen molar-refractivity contribution in [2.24, 2.45) is 0 Å². The number of amides is 1. The third-order valence-electron chi connectivity index (χ3n) is 4.26. The van der Waals surface area contributed by atoms with Crippen molar-refractivity contribution in [2.75, 3.05) is 18.4 Å². The molecule has 0 aliphatic carbocycles. The SMILES string of the molecule is CC1c2ccsc2CCN1CCC(=O)Nc1c(Cl)cccc1Cl. The highest BCUT2D eigenvalue weighted by Crippen LogP contribution is 2.33. The van der Waals surface area contributed by atoms with E-state index in [2.05, 4.69) is 28.6 Å². The Hall–Kier alpha value is -1.07. The molecule has 122 valence electrons. The summed E-state index contributed by atoms with van der Waals surface area (Å²) in [4.78, 5) is 16.0. The van der Waals surface area contributed by atoms with Crippen LogP contribution in [0, 0.1) is 0 Å². The number of nitrogens with zero attached hydrogens (tertiary/aromatic N) is 1. The Balaban J connectivity index is 1.58. The van der Waals surface area contributed by atoms with Gasteiger partial charge >= 0.3 is 0 Å². The normalized spacial score (nSPS) is 17.8. The topological polar surface area (TPSA) is 32.3 Å². The van der Waals surface area contributed by atoms with E-state index in [9.17, 15) is 4.79 Å². The predicted molar refractivity (Wildman–Crippen MR) is 97.7 cm³/mol. The van der Waals surface area contributed by atoms with Crippen molar-refractivity contribution in [1.82, 2.24) is 4.90 Å². The number of benzene rings is 1. The second-order valence-corrected chi connectivity index (χ2v) is 7.47. The molecule has 0 saturated carbocycles. The van der Waals surface area contributed by atoms with Crippen molar-refractivity contribution in [3.63, 3.8) is 0 Å². The molecule has 6 heteroatoms. The Morgan fingerprint density at radius 3 is 2.83 bits per heavy atom. The van der Waals surface area contributed by atoms with Gasteiger partial charge in [0.2, 0.25) is 5.91 Å². The van der Waals surface area contributed by atoms with E-state index in [1.807, 2.05) is 11.3 Å². The van der Waals surface area contributed by atoms with E-state index >= 15 is 0 Å². The summed E-state index contributed by atoms with van der Waals surface area (Å²) in [5.74, 6) is -0.0664. The van der Waals surface area contributed by atoms with Gasteiger partial charge in [-0.3, -0.25) is 9.69 Å². The number of hydrogen-bond acceptors (Lipinski definition) is 3. The number of rotatable bonds is 4. The molecular formula is C17H18Cl2N2OS. The number of anilines is 1. The second-order valence-electron chi connectivity index (χ2n) is 5.66. The van der Waals surface area contributed by atoms with Crippen molar-refractivity contribution in [1.29, 1.82) is 0 Å². The van der Waals surface area contributed by atoms with Crippen LogP contribution in [0.5, 0.6) is 0 Å². The molecule has 2 aromatic rings. The minimum Gasteiger partial charge on any atom is -0.324 e. The third kappa shape index (κ3) is 3.72. The molecule has 3 nitrogen and oxygen atoms in total. The van der Waals surface area contributed by atoms with Crippen molar-refractivity contribution in [3.8, 4) is 0 Å². The lowest BCUT2D eigenvalue weighted by molar-refractivity contribution is -0.116. The first-order valence-corrected chi connectivity index (χ1v) is 9.24. The Labute approximate surface area is 150 Å². The molecular weight excluding hydrogens is 351 g/mol. The first-order chi connectivity index (χ1) is 11.1. The molecule has 1 atom stereocenters. The van der Waals surface area contributed by atoms with E-state index in [1.165, 1.54) is 10.4 Å². The lowest BCUT2D eigenvalue weighted by atomic mass is 10.0. The van der Waals surface area contributed by atoms with Gasteiger partial charge in [0.1, 0.15) is 0 Å². The van der Waals surface area contributed by atoms with Crippen LogP contribution in [0.2, 0.25) is 10.0 Å². The fraction of sp³-hybridized carbons (Fsp3) is 0.353. The van der Waals surface area contributed by atoms with Crippen LogP contribution in [0.4, 0.5) is 5.69 Å². The predicted octanol–water partition coefficient (Wildman–Crippen LogP) is 5.00. The van der Waals surface area contributed by atoms with E-state index in [4.69, 9.17) is 23.2 Å². The van der Waals surface area contributed by atoms with Gasteiger partial charge in [0.15, 0.2) is 0 Å². The van der Waals surface area contributed by atoms with Gasteiger partial charge in [-0.1, -0.05) is 29.3 Å². The van der Waals surface area contributed by atoms with Crippen LogP contribution in [-0.2, 0) is 11.2 Å². The van der Waals surface area contributed by atoms with Gasteiger partial charge < -0.3 is 5.32 Å². The Bertz CT molecular complexity index is 696. The van der Waals surface area contributed by atoms with Crippen molar-refractivity contribution < 1.29 is 4.79 Å². The maximum absolute atomic E-state index is 12.2. The van der Waals surface area contributed by atoms with Gasteiger partial charge in [-0.15, -0.1) is 11.3 Å². The minimum atomic E-state index is -0.0664. The van der Waals surface area contributed by atoms with E-state index < -0.39 is 0 Å². The molecule has 1 aromatic heterocycles. The summed E-state index contributed by atoms with van der Waals surface area (Å²) in [5.41, 5.74) is 1.89. The van der Waals surface area contributed by atoms with E-state index in [0.717, 1.165) is 19.5 Å². The van der Waals surface area contributed by atoms with Crippen LogP contribution in [0.25, 0.3) is 0 Å². The molecule has 0 bridgehead atoms. The molecule has 0 saturated heterocycles. The van der Waals surface area contributed by atoms with Gasteiger partial charge in [-0.25, -0.2) is 0 Å². The smallest absolute Gasteiger partial charge is 0.225 e. The first-order valence-electron chi connectivity index (χ1n) is 7.60. The molecule has 0 radical (unpaired) electrons. The molecule has 0 spiro atoms. The van der Waals surface area contributed by atoms with Crippen LogP contribution >= 0.6 is 34.5 Å². The van der Waals surface area contributed by atoms with Gasteiger partial charge in [0.25, 0.3) is 0 Å². The lowest BCUT2D eigenvalue weighted by Crippen LogP contribution is -2.35. The zero-order chi connectivity index (χ0) is 16.4.